The first-order valence-electron chi connectivity index (χ1n) is 7.58. The number of carbonyl (C=O) groups is 2. The van der Waals surface area contributed by atoms with E-state index < -0.39 is 0 Å². The van der Waals surface area contributed by atoms with E-state index in [0.717, 1.165) is 0 Å². The molecule has 0 aliphatic rings. The molecule has 0 aliphatic heterocycles. The number of anilines is 1. The van der Waals surface area contributed by atoms with Crippen molar-refractivity contribution in [1.82, 2.24) is 16.2 Å². The van der Waals surface area contributed by atoms with Gasteiger partial charge in [-0.1, -0.05) is 6.07 Å². The molecule has 1 aromatic heterocycles. The topological polar surface area (TPSA) is 82.3 Å². The van der Waals surface area contributed by atoms with Gasteiger partial charge in [-0.3, -0.25) is 20.4 Å². The number of rotatable bonds is 3. The average Bonchev–Trinajstić information content (AvgIpc) is 3.06. The predicted octanol–water partition coefficient (Wildman–Crippen LogP) is 2.91. The maximum Gasteiger partial charge on any atom is 0.269 e. The zero-order valence-electron chi connectivity index (χ0n) is 14.2. The quantitative estimate of drug-likeness (QED) is 0.489. The summed E-state index contributed by atoms with van der Waals surface area (Å²) in [4.78, 5) is 24.7. The molecular weight excluding hydrogens is 356 g/mol. The molecular formula is C17H20N4O2S2. The van der Waals surface area contributed by atoms with Crippen LogP contribution in [0.4, 0.5) is 5.69 Å². The van der Waals surface area contributed by atoms with Gasteiger partial charge in [0, 0.05) is 16.8 Å². The van der Waals surface area contributed by atoms with E-state index >= 15 is 0 Å². The highest BCUT2D eigenvalue weighted by Crippen LogP contribution is 2.14. The van der Waals surface area contributed by atoms with Crippen LogP contribution < -0.4 is 21.5 Å². The Bertz CT molecular complexity index is 750. The Kier molecular flexibility index (Phi) is 6.11. The molecule has 0 saturated carbocycles. The van der Waals surface area contributed by atoms with Gasteiger partial charge in [0.05, 0.1) is 4.88 Å². The van der Waals surface area contributed by atoms with Crippen molar-refractivity contribution in [2.24, 2.45) is 0 Å². The zero-order valence-corrected chi connectivity index (χ0v) is 15.8. The maximum absolute atomic E-state index is 12.1. The Labute approximate surface area is 156 Å². The van der Waals surface area contributed by atoms with Crippen molar-refractivity contribution in [2.45, 2.75) is 26.3 Å². The Morgan fingerprint density at radius 2 is 1.68 bits per heavy atom. The van der Waals surface area contributed by atoms with Crippen molar-refractivity contribution in [1.29, 1.82) is 0 Å². The van der Waals surface area contributed by atoms with Crippen LogP contribution in [0.25, 0.3) is 0 Å². The summed E-state index contributed by atoms with van der Waals surface area (Å²) in [5.74, 6) is -0.498. The molecule has 0 radical (unpaired) electrons. The third kappa shape index (κ3) is 6.17. The molecule has 0 fully saturated rings. The minimum atomic E-state index is -0.325. The smallest absolute Gasteiger partial charge is 0.269 e. The lowest BCUT2D eigenvalue weighted by atomic mass is 10.1. The Hall–Kier alpha value is -2.45. The lowest BCUT2D eigenvalue weighted by Gasteiger charge is -2.23. The maximum atomic E-state index is 12.1. The molecule has 6 nitrogen and oxygen atoms in total. The van der Waals surface area contributed by atoms with Crippen molar-refractivity contribution < 1.29 is 9.59 Å². The number of hydrazine groups is 1. The molecule has 4 N–H and O–H groups in total. The highest BCUT2D eigenvalue weighted by atomic mass is 32.1. The van der Waals surface area contributed by atoms with Gasteiger partial charge < -0.3 is 10.6 Å². The molecule has 2 aromatic rings. The van der Waals surface area contributed by atoms with Crippen LogP contribution in [0.3, 0.4) is 0 Å². The van der Waals surface area contributed by atoms with E-state index in [1.54, 1.807) is 30.3 Å². The summed E-state index contributed by atoms with van der Waals surface area (Å²) in [7, 11) is 0. The summed E-state index contributed by atoms with van der Waals surface area (Å²) >= 11 is 6.46. The first-order valence-corrected chi connectivity index (χ1v) is 8.87. The Morgan fingerprint density at radius 1 is 1.00 bits per heavy atom. The largest absolute Gasteiger partial charge is 0.357 e. The molecule has 1 aromatic carbocycles. The molecule has 0 saturated heterocycles. The number of hydrogen-bond donors (Lipinski definition) is 4. The van der Waals surface area contributed by atoms with Crippen molar-refractivity contribution in [3.8, 4) is 0 Å². The van der Waals surface area contributed by atoms with Crippen molar-refractivity contribution in [3.63, 3.8) is 0 Å². The monoisotopic (exact) mass is 376 g/mol. The number of nitrogens with one attached hydrogen (secondary N) is 4. The third-order valence-electron chi connectivity index (χ3n) is 2.93. The molecule has 0 aliphatic carbocycles. The van der Waals surface area contributed by atoms with Crippen molar-refractivity contribution >= 4 is 46.2 Å². The lowest BCUT2D eigenvalue weighted by molar-refractivity contribution is 0.0943. The van der Waals surface area contributed by atoms with Gasteiger partial charge in [0.25, 0.3) is 11.8 Å². The number of thiophene rings is 1. The fraction of sp³-hybridized carbons (Fsp3) is 0.235. The fourth-order valence-corrected chi connectivity index (χ4v) is 2.84. The summed E-state index contributed by atoms with van der Waals surface area (Å²) in [6, 6.07) is 10.2. The minimum absolute atomic E-state index is 0.174. The molecule has 8 heteroatoms. The summed E-state index contributed by atoms with van der Waals surface area (Å²) in [5, 5.41) is 7.98. The predicted molar refractivity (Wildman–Crippen MR) is 105 cm³/mol. The van der Waals surface area contributed by atoms with Gasteiger partial charge in [-0.15, -0.1) is 11.3 Å². The summed E-state index contributed by atoms with van der Waals surface area (Å²) < 4.78 is 0. The third-order valence-corrected chi connectivity index (χ3v) is 4.00. The van der Waals surface area contributed by atoms with Crippen molar-refractivity contribution in [3.05, 3.63) is 52.2 Å². The molecule has 1 heterocycles. The van der Waals surface area contributed by atoms with E-state index in [0.29, 0.717) is 21.2 Å². The van der Waals surface area contributed by atoms with Crippen LogP contribution in [0, 0.1) is 0 Å². The molecule has 0 unspecified atom stereocenters. The molecule has 132 valence electrons. The van der Waals surface area contributed by atoms with E-state index in [1.807, 2.05) is 32.2 Å². The standard InChI is InChI=1S/C17H20N4O2S2/c1-17(2,3)19-16(24)21-20-14(22)11-6-8-12(9-7-11)18-15(23)13-5-4-10-25-13/h4-10H,1-3H3,(H,18,23)(H,20,22)(H2,19,21,24). The molecule has 2 rings (SSSR count). The second-order valence-corrected chi connectivity index (χ2v) is 7.65. The van der Waals surface area contributed by atoms with Gasteiger partial charge in [0.1, 0.15) is 0 Å². The minimum Gasteiger partial charge on any atom is -0.357 e. The number of benzene rings is 1. The Balaban J connectivity index is 1.87. The number of thiocarbonyl (C=S) groups is 1. The van der Waals surface area contributed by atoms with Crippen molar-refractivity contribution in [2.75, 3.05) is 5.32 Å². The van der Waals surface area contributed by atoms with Crippen LogP contribution in [-0.4, -0.2) is 22.5 Å². The Morgan fingerprint density at radius 3 is 2.24 bits per heavy atom. The normalized spacial score (nSPS) is 10.7. The summed E-state index contributed by atoms with van der Waals surface area (Å²) in [5.41, 5.74) is 6.05. The number of hydrogen-bond acceptors (Lipinski definition) is 4. The molecule has 0 bridgehead atoms. The summed E-state index contributed by atoms with van der Waals surface area (Å²) in [6.07, 6.45) is 0. The second-order valence-electron chi connectivity index (χ2n) is 6.29. The first kappa shape index (κ1) is 18.9. The number of amides is 2. The highest BCUT2D eigenvalue weighted by Gasteiger charge is 2.12. The van der Waals surface area contributed by atoms with Gasteiger partial charge in [-0.2, -0.15) is 0 Å². The van der Waals surface area contributed by atoms with Gasteiger partial charge in [-0.05, 0) is 68.7 Å². The van der Waals surface area contributed by atoms with Gasteiger partial charge >= 0.3 is 0 Å². The molecule has 25 heavy (non-hydrogen) atoms. The second kappa shape index (κ2) is 8.09. The van der Waals surface area contributed by atoms with Crippen LogP contribution >= 0.6 is 23.6 Å². The molecule has 2 amide bonds. The van der Waals surface area contributed by atoms with Crippen LogP contribution in [0.5, 0.6) is 0 Å². The van der Waals surface area contributed by atoms with Crippen LogP contribution in [-0.2, 0) is 0 Å². The van der Waals surface area contributed by atoms with E-state index in [-0.39, 0.29) is 17.4 Å². The SMILES string of the molecule is CC(C)(C)NC(=S)NNC(=O)c1ccc(NC(=O)c2cccs2)cc1. The lowest BCUT2D eigenvalue weighted by Crippen LogP contribution is -2.52. The van der Waals surface area contributed by atoms with E-state index in [1.165, 1.54) is 11.3 Å². The van der Waals surface area contributed by atoms with Gasteiger partial charge in [0.15, 0.2) is 5.11 Å². The number of carbonyl (C=O) groups excluding carboxylic acids is 2. The van der Waals surface area contributed by atoms with Crippen LogP contribution in [0.2, 0.25) is 0 Å². The zero-order chi connectivity index (χ0) is 18.4. The fourth-order valence-electron chi connectivity index (χ4n) is 1.86. The molecule has 0 spiro atoms. The summed E-state index contributed by atoms with van der Waals surface area (Å²) in [6.45, 7) is 5.89. The van der Waals surface area contributed by atoms with Gasteiger partial charge in [0.2, 0.25) is 0 Å². The van der Waals surface area contributed by atoms with Crippen LogP contribution in [0.1, 0.15) is 40.8 Å². The van der Waals surface area contributed by atoms with E-state index in [2.05, 4.69) is 21.5 Å². The highest BCUT2D eigenvalue weighted by molar-refractivity contribution is 7.80. The van der Waals surface area contributed by atoms with Gasteiger partial charge in [-0.25, -0.2) is 0 Å². The van der Waals surface area contributed by atoms with Crippen LogP contribution in [0.15, 0.2) is 41.8 Å². The van der Waals surface area contributed by atoms with E-state index in [9.17, 15) is 9.59 Å². The van der Waals surface area contributed by atoms with E-state index in [4.69, 9.17) is 12.2 Å². The molecule has 0 atom stereocenters. The first-order chi connectivity index (χ1) is 11.7. The average molecular weight is 377 g/mol.